The van der Waals surface area contributed by atoms with Crippen LogP contribution in [0.15, 0.2) is 77.7 Å². The summed E-state index contributed by atoms with van der Waals surface area (Å²) in [7, 11) is 0.152. The van der Waals surface area contributed by atoms with E-state index < -0.39 is 28.5 Å². The Labute approximate surface area is 248 Å². The second-order valence-corrected chi connectivity index (χ2v) is 11.7. The lowest BCUT2D eigenvalue weighted by Crippen LogP contribution is -2.53. The lowest BCUT2D eigenvalue weighted by atomic mass is 10.1. The van der Waals surface area contributed by atoms with Gasteiger partial charge in [0.05, 0.1) is 31.9 Å². The molecule has 10 nitrogen and oxygen atoms in total. The van der Waals surface area contributed by atoms with Crippen LogP contribution < -0.4 is 23.8 Å². The molecule has 3 aromatic carbocycles. The number of amides is 2. The van der Waals surface area contributed by atoms with E-state index in [2.05, 4.69) is 5.32 Å². The molecule has 0 aliphatic heterocycles. The topological polar surface area (TPSA) is 114 Å². The third-order valence-electron chi connectivity index (χ3n) is 6.57. The molecule has 226 valence electrons. The van der Waals surface area contributed by atoms with E-state index in [1.54, 1.807) is 62.6 Å². The third kappa shape index (κ3) is 7.73. The fourth-order valence-electron chi connectivity index (χ4n) is 4.49. The number of nitrogens with zero attached hydrogens (tertiary/aromatic N) is 2. The number of anilines is 1. The molecule has 3 rings (SSSR count). The smallest absolute Gasteiger partial charge is 0.264 e. The Bertz CT molecular complexity index is 1460. The van der Waals surface area contributed by atoms with E-state index in [4.69, 9.17) is 14.2 Å². The quantitative estimate of drug-likeness (QED) is 0.296. The normalized spacial score (nSPS) is 11.9. The first-order valence-electron chi connectivity index (χ1n) is 13.6. The first-order valence-corrected chi connectivity index (χ1v) is 15.0. The average Bonchev–Trinajstić information content (AvgIpc) is 2.99. The van der Waals surface area contributed by atoms with E-state index in [-0.39, 0.29) is 34.8 Å². The van der Waals surface area contributed by atoms with Crippen LogP contribution in [0.1, 0.15) is 32.8 Å². The fraction of sp³-hybridized carbons (Fsp3) is 0.355. The van der Waals surface area contributed by atoms with Crippen LogP contribution in [-0.4, -0.2) is 65.1 Å². The van der Waals surface area contributed by atoms with Gasteiger partial charge < -0.3 is 24.4 Å². The van der Waals surface area contributed by atoms with Gasteiger partial charge in [-0.25, -0.2) is 8.42 Å². The molecule has 0 saturated carbocycles. The Morgan fingerprint density at radius 2 is 1.52 bits per heavy atom. The standard InChI is InChI=1S/C31H39N3O7S/c1-7-27(31(36)32-22(2)3)33(20-23-12-11-13-24(18-23)39-4)30(35)21-34(42(37,38)26-14-9-8-10-15-26)28-19-25(40-5)16-17-29(28)41-6/h8-19,22,27H,7,20-21H2,1-6H3,(H,32,36)/t27-/m1/s1. The average molecular weight is 598 g/mol. The molecule has 0 spiro atoms. The summed E-state index contributed by atoms with van der Waals surface area (Å²) in [5.74, 6) is 0.289. The fourth-order valence-corrected chi connectivity index (χ4v) is 5.93. The van der Waals surface area contributed by atoms with Crippen molar-refractivity contribution in [1.29, 1.82) is 0 Å². The van der Waals surface area contributed by atoms with Crippen molar-refractivity contribution in [1.82, 2.24) is 10.2 Å². The van der Waals surface area contributed by atoms with E-state index in [1.165, 1.54) is 37.3 Å². The molecule has 42 heavy (non-hydrogen) atoms. The number of hydrogen-bond acceptors (Lipinski definition) is 7. The summed E-state index contributed by atoms with van der Waals surface area (Å²) in [5, 5.41) is 2.89. The van der Waals surface area contributed by atoms with Crippen LogP contribution >= 0.6 is 0 Å². The Balaban J connectivity index is 2.15. The molecule has 3 aromatic rings. The molecular formula is C31H39N3O7S. The van der Waals surface area contributed by atoms with E-state index in [0.29, 0.717) is 17.9 Å². The maximum Gasteiger partial charge on any atom is 0.264 e. The Morgan fingerprint density at radius 3 is 2.12 bits per heavy atom. The second kappa shape index (κ2) is 14.6. The van der Waals surface area contributed by atoms with Gasteiger partial charge in [-0.2, -0.15) is 0 Å². The molecule has 0 aromatic heterocycles. The highest BCUT2D eigenvalue weighted by molar-refractivity contribution is 7.92. The number of rotatable bonds is 14. The molecule has 1 atom stereocenters. The van der Waals surface area contributed by atoms with Gasteiger partial charge in [0, 0.05) is 18.7 Å². The van der Waals surface area contributed by atoms with Gasteiger partial charge in [0.2, 0.25) is 11.8 Å². The number of ether oxygens (including phenoxy) is 3. The summed E-state index contributed by atoms with van der Waals surface area (Å²) < 4.78 is 45.4. The minimum Gasteiger partial charge on any atom is -0.497 e. The molecular weight excluding hydrogens is 558 g/mol. The lowest BCUT2D eigenvalue weighted by molar-refractivity contribution is -0.140. The number of carbonyl (C=O) groups is 2. The second-order valence-electron chi connectivity index (χ2n) is 9.82. The number of methoxy groups -OCH3 is 3. The Hall–Kier alpha value is -4.25. The van der Waals surface area contributed by atoms with Gasteiger partial charge in [-0.3, -0.25) is 13.9 Å². The molecule has 0 radical (unpaired) electrons. The van der Waals surface area contributed by atoms with E-state index in [0.717, 1.165) is 9.87 Å². The van der Waals surface area contributed by atoms with Gasteiger partial charge in [0.25, 0.3) is 10.0 Å². The summed E-state index contributed by atoms with van der Waals surface area (Å²) in [4.78, 5) is 29.0. The highest BCUT2D eigenvalue weighted by Gasteiger charge is 2.35. The van der Waals surface area contributed by atoms with Crippen molar-refractivity contribution in [3.05, 3.63) is 78.4 Å². The van der Waals surface area contributed by atoms with Gasteiger partial charge in [-0.1, -0.05) is 37.3 Å². The van der Waals surface area contributed by atoms with Crippen LogP contribution in [-0.2, 0) is 26.2 Å². The number of nitrogens with one attached hydrogen (secondary N) is 1. The molecule has 1 N–H and O–H groups in total. The molecule has 0 bridgehead atoms. The lowest BCUT2D eigenvalue weighted by Gasteiger charge is -2.34. The van der Waals surface area contributed by atoms with Gasteiger partial charge >= 0.3 is 0 Å². The van der Waals surface area contributed by atoms with Crippen LogP contribution in [0.2, 0.25) is 0 Å². The SMILES string of the molecule is CC[C@H](C(=O)NC(C)C)N(Cc1cccc(OC)c1)C(=O)CN(c1cc(OC)ccc1OC)S(=O)(=O)c1ccccc1. The van der Waals surface area contributed by atoms with Crippen LogP contribution in [0.5, 0.6) is 17.2 Å². The Kier molecular flexibility index (Phi) is 11.2. The number of carbonyl (C=O) groups excluding carboxylic acids is 2. The van der Waals surface area contributed by atoms with Crippen LogP contribution in [0, 0.1) is 0 Å². The maximum absolute atomic E-state index is 14.2. The molecule has 2 amide bonds. The summed E-state index contributed by atoms with van der Waals surface area (Å²) >= 11 is 0. The zero-order valence-corrected chi connectivity index (χ0v) is 25.7. The first kappa shape index (κ1) is 32.3. The van der Waals surface area contributed by atoms with Crippen LogP contribution in [0.3, 0.4) is 0 Å². The Morgan fingerprint density at radius 1 is 0.857 bits per heavy atom. The summed E-state index contributed by atoms with van der Waals surface area (Å²) in [6.07, 6.45) is 0.308. The molecule has 11 heteroatoms. The van der Waals surface area contributed by atoms with Gasteiger partial charge in [0.1, 0.15) is 29.8 Å². The van der Waals surface area contributed by atoms with Crippen molar-refractivity contribution in [3.8, 4) is 17.2 Å². The van der Waals surface area contributed by atoms with E-state index >= 15 is 0 Å². The summed E-state index contributed by atoms with van der Waals surface area (Å²) in [6.45, 7) is 4.93. The minimum absolute atomic E-state index is 0.00777. The van der Waals surface area contributed by atoms with Gasteiger partial charge in [0.15, 0.2) is 0 Å². The van der Waals surface area contributed by atoms with E-state index in [9.17, 15) is 18.0 Å². The predicted molar refractivity (Wildman–Crippen MR) is 161 cm³/mol. The van der Waals surface area contributed by atoms with Crippen molar-refractivity contribution in [2.24, 2.45) is 0 Å². The maximum atomic E-state index is 14.2. The molecule has 0 saturated heterocycles. The van der Waals surface area contributed by atoms with Crippen LogP contribution in [0.25, 0.3) is 0 Å². The number of sulfonamides is 1. The van der Waals surface area contributed by atoms with E-state index in [1.807, 2.05) is 19.9 Å². The molecule has 0 fully saturated rings. The monoisotopic (exact) mass is 597 g/mol. The predicted octanol–water partition coefficient (Wildman–Crippen LogP) is 4.24. The summed E-state index contributed by atoms with van der Waals surface area (Å²) in [5.41, 5.74) is 0.838. The molecule has 0 unspecified atom stereocenters. The zero-order chi connectivity index (χ0) is 30.9. The zero-order valence-electron chi connectivity index (χ0n) is 24.9. The molecule has 0 aliphatic rings. The van der Waals surface area contributed by atoms with Gasteiger partial charge in [-0.05, 0) is 62.2 Å². The minimum atomic E-state index is -4.27. The molecule has 0 aliphatic carbocycles. The largest absolute Gasteiger partial charge is 0.497 e. The number of benzene rings is 3. The third-order valence-corrected chi connectivity index (χ3v) is 8.34. The number of hydrogen-bond donors (Lipinski definition) is 1. The van der Waals surface area contributed by atoms with Gasteiger partial charge in [-0.15, -0.1) is 0 Å². The van der Waals surface area contributed by atoms with Crippen LogP contribution in [0.4, 0.5) is 5.69 Å². The first-order chi connectivity index (χ1) is 20.0. The van der Waals surface area contributed by atoms with Crippen molar-refractivity contribution in [3.63, 3.8) is 0 Å². The molecule has 0 heterocycles. The van der Waals surface area contributed by atoms with Crippen molar-refractivity contribution in [2.45, 2.75) is 50.7 Å². The van der Waals surface area contributed by atoms with Crippen molar-refractivity contribution in [2.75, 3.05) is 32.2 Å². The highest BCUT2D eigenvalue weighted by Crippen LogP contribution is 2.36. The van der Waals surface area contributed by atoms with Crippen molar-refractivity contribution < 1.29 is 32.2 Å². The highest BCUT2D eigenvalue weighted by atomic mass is 32.2. The summed E-state index contributed by atoms with van der Waals surface area (Å²) in [6, 6.07) is 18.7. The van der Waals surface area contributed by atoms with Crippen molar-refractivity contribution >= 4 is 27.5 Å².